The third-order valence-corrected chi connectivity index (χ3v) is 3.79. The molecule has 2 rings (SSSR count). The molecule has 0 aliphatic carbocycles. The van der Waals surface area contributed by atoms with Crippen molar-refractivity contribution in [3.05, 3.63) is 11.9 Å². The number of aryl methyl sites for hydroxylation is 2. The Kier molecular flexibility index (Phi) is 4.90. The van der Waals surface area contributed by atoms with E-state index in [2.05, 4.69) is 22.3 Å². The summed E-state index contributed by atoms with van der Waals surface area (Å²) >= 11 is 0. The summed E-state index contributed by atoms with van der Waals surface area (Å²) in [6.45, 7) is 2.04. The highest BCUT2D eigenvalue weighted by Crippen LogP contribution is 2.18. The Morgan fingerprint density at radius 3 is 3.11 bits per heavy atom. The van der Waals surface area contributed by atoms with Crippen molar-refractivity contribution in [2.24, 2.45) is 0 Å². The number of hydrogen-bond donors (Lipinski definition) is 1. The standard InChI is InChI=1S/C13H22N4O2/c1-16-8-3-2-4-12(16)7-9-17-10-11(14-15-17)5-6-13(18)19/h10,12H,2-9H2,1H3,(H,18,19). The van der Waals surface area contributed by atoms with Crippen LogP contribution in [-0.4, -0.2) is 50.6 Å². The normalized spacial score (nSPS) is 20.6. The minimum Gasteiger partial charge on any atom is -0.481 e. The zero-order valence-corrected chi connectivity index (χ0v) is 11.5. The summed E-state index contributed by atoms with van der Waals surface area (Å²) in [7, 11) is 2.18. The molecule has 1 aliphatic heterocycles. The highest BCUT2D eigenvalue weighted by Gasteiger charge is 2.18. The maximum absolute atomic E-state index is 10.5. The fourth-order valence-electron chi connectivity index (χ4n) is 2.59. The quantitative estimate of drug-likeness (QED) is 0.837. The number of aromatic nitrogens is 3. The van der Waals surface area contributed by atoms with E-state index in [0.29, 0.717) is 12.5 Å². The maximum atomic E-state index is 10.5. The summed E-state index contributed by atoms with van der Waals surface area (Å²) in [6, 6.07) is 0.639. The van der Waals surface area contributed by atoms with Gasteiger partial charge >= 0.3 is 5.97 Å². The lowest BCUT2D eigenvalue weighted by molar-refractivity contribution is -0.136. The van der Waals surface area contributed by atoms with Crippen molar-refractivity contribution in [3.8, 4) is 0 Å². The molecule has 0 saturated carbocycles. The van der Waals surface area contributed by atoms with E-state index >= 15 is 0 Å². The van der Waals surface area contributed by atoms with Gasteiger partial charge in [-0.25, -0.2) is 0 Å². The predicted molar refractivity (Wildman–Crippen MR) is 70.9 cm³/mol. The van der Waals surface area contributed by atoms with Crippen LogP contribution < -0.4 is 0 Å². The minimum atomic E-state index is -0.793. The molecule has 0 aromatic carbocycles. The monoisotopic (exact) mass is 266 g/mol. The lowest BCUT2D eigenvalue weighted by Gasteiger charge is -2.32. The number of nitrogens with zero attached hydrogens (tertiary/aromatic N) is 4. The fourth-order valence-corrected chi connectivity index (χ4v) is 2.59. The molecule has 1 aromatic heterocycles. The Hall–Kier alpha value is -1.43. The van der Waals surface area contributed by atoms with Gasteiger partial charge in [-0.2, -0.15) is 0 Å². The molecule has 2 heterocycles. The molecule has 1 atom stereocenters. The molecule has 0 amide bonds. The van der Waals surface area contributed by atoms with E-state index in [0.717, 1.165) is 18.7 Å². The number of carboxylic acids is 1. The Labute approximate surface area is 113 Å². The lowest BCUT2D eigenvalue weighted by Crippen LogP contribution is -2.36. The van der Waals surface area contributed by atoms with Crippen molar-refractivity contribution in [2.75, 3.05) is 13.6 Å². The van der Waals surface area contributed by atoms with Crippen molar-refractivity contribution in [1.29, 1.82) is 0 Å². The van der Waals surface area contributed by atoms with Gasteiger partial charge in [0.2, 0.25) is 0 Å². The Morgan fingerprint density at radius 1 is 1.53 bits per heavy atom. The molecule has 6 nitrogen and oxygen atoms in total. The highest BCUT2D eigenvalue weighted by molar-refractivity contribution is 5.66. The van der Waals surface area contributed by atoms with E-state index in [4.69, 9.17) is 5.11 Å². The van der Waals surface area contributed by atoms with E-state index in [1.165, 1.54) is 25.8 Å². The number of aliphatic carboxylic acids is 1. The Balaban J connectivity index is 1.78. The van der Waals surface area contributed by atoms with Crippen LogP contribution in [0.25, 0.3) is 0 Å². The number of likely N-dealkylation sites (tertiary alicyclic amines) is 1. The summed E-state index contributed by atoms with van der Waals surface area (Å²) in [6.07, 6.45) is 7.40. The van der Waals surface area contributed by atoms with Gasteiger partial charge in [-0.3, -0.25) is 9.48 Å². The van der Waals surface area contributed by atoms with Crippen molar-refractivity contribution >= 4 is 5.97 Å². The van der Waals surface area contributed by atoms with Crippen LogP contribution in [0.1, 0.15) is 37.8 Å². The van der Waals surface area contributed by atoms with Crippen molar-refractivity contribution in [2.45, 2.75) is 51.1 Å². The van der Waals surface area contributed by atoms with Gasteiger partial charge in [-0.1, -0.05) is 11.6 Å². The third-order valence-electron chi connectivity index (χ3n) is 3.79. The minimum absolute atomic E-state index is 0.115. The average molecular weight is 266 g/mol. The van der Waals surface area contributed by atoms with Crippen LogP contribution in [0.5, 0.6) is 0 Å². The van der Waals surface area contributed by atoms with Crippen LogP contribution in [0.15, 0.2) is 6.20 Å². The zero-order valence-electron chi connectivity index (χ0n) is 11.5. The number of carboxylic acid groups (broad SMARTS) is 1. The molecular weight excluding hydrogens is 244 g/mol. The zero-order chi connectivity index (χ0) is 13.7. The Morgan fingerprint density at radius 2 is 2.37 bits per heavy atom. The molecule has 19 heavy (non-hydrogen) atoms. The fraction of sp³-hybridized carbons (Fsp3) is 0.769. The molecule has 0 bridgehead atoms. The van der Waals surface area contributed by atoms with E-state index in [9.17, 15) is 4.79 Å². The molecule has 1 fully saturated rings. The summed E-state index contributed by atoms with van der Waals surface area (Å²) in [4.78, 5) is 12.9. The number of hydrogen-bond acceptors (Lipinski definition) is 4. The first-order valence-electron chi connectivity index (χ1n) is 6.96. The van der Waals surface area contributed by atoms with Gasteiger partial charge in [0.25, 0.3) is 0 Å². The van der Waals surface area contributed by atoms with E-state index < -0.39 is 5.97 Å². The molecule has 1 unspecified atom stereocenters. The van der Waals surface area contributed by atoms with Gasteiger partial charge in [0.1, 0.15) is 0 Å². The van der Waals surface area contributed by atoms with Gasteiger partial charge in [-0.15, -0.1) is 5.10 Å². The first-order valence-corrected chi connectivity index (χ1v) is 6.96. The molecule has 0 spiro atoms. The second-order valence-electron chi connectivity index (χ2n) is 5.29. The maximum Gasteiger partial charge on any atom is 0.303 e. The SMILES string of the molecule is CN1CCCCC1CCn1cc(CCC(=O)O)nn1. The van der Waals surface area contributed by atoms with Gasteiger partial charge in [-0.05, 0) is 32.9 Å². The topological polar surface area (TPSA) is 71.2 Å². The summed E-state index contributed by atoms with van der Waals surface area (Å²) in [5.41, 5.74) is 0.763. The molecule has 1 aromatic rings. The van der Waals surface area contributed by atoms with Crippen LogP contribution in [0.2, 0.25) is 0 Å². The van der Waals surface area contributed by atoms with E-state index in [-0.39, 0.29) is 6.42 Å². The van der Waals surface area contributed by atoms with Crippen molar-refractivity contribution < 1.29 is 9.90 Å². The average Bonchev–Trinajstić information content (AvgIpc) is 2.83. The molecule has 6 heteroatoms. The predicted octanol–water partition coefficient (Wildman–Crippen LogP) is 1.17. The molecule has 0 radical (unpaired) electrons. The van der Waals surface area contributed by atoms with E-state index in [1.807, 2.05) is 10.9 Å². The van der Waals surface area contributed by atoms with Gasteiger partial charge < -0.3 is 10.0 Å². The van der Waals surface area contributed by atoms with E-state index in [1.54, 1.807) is 0 Å². The highest BCUT2D eigenvalue weighted by atomic mass is 16.4. The third kappa shape index (κ3) is 4.31. The van der Waals surface area contributed by atoms with Gasteiger partial charge in [0.05, 0.1) is 12.1 Å². The number of carbonyl (C=O) groups is 1. The largest absolute Gasteiger partial charge is 0.481 e. The first-order chi connectivity index (χ1) is 9.15. The molecule has 1 aliphatic rings. The molecule has 1 N–H and O–H groups in total. The summed E-state index contributed by atoms with van der Waals surface area (Å²) in [5, 5.41) is 16.7. The van der Waals surface area contributed by atoms with Crippen LogP contribution in [0.4, 0.5) is 0 Å². The smallest absolute Gasteiger partial charge is 0.303 e. The van der Waals surface area contributed by atoms with Crippen LogP contribution >= 0.6 is 0 Å². The second kappa shape index (κ2) is 6.65. The first kappa shape index (κ1) is 14.0. The van der Waals surface area contributed by atoms with Crippen LogP contribution in [-0.2, 0) is 17.8 Å². The van der Waals surface area contributed by atoms with Gasteiger partial charge in [0, 0.05) is 25.2 Å². The second-order valence-corrected chi connectivity index (χ2v) is 5.29. The Bertz CT molecular complexity index is 419. The van der Waals surface area contributed by atoms with Crippen LogP contribution in [0, 0.1) is 0 Å². The van der Waals surface area contributed by atoms with Crippen molar-refractivity contribution in [1.82, 2.24) is 19.9 Å². The summed E-state index contributed by atoms with van der Waals surface area (Å²) in [5.74, 6) is -0.793. The molecule has 106 valence electrons. The van der Waals surface area contributed by atoms with Crippen LogP contribution in [0.3, 0.4) is 0 Å². The molecular formula is C13H22N4O2. The number of rotatable bonds is 6. The summed E-state index contributed by atoms with van der Waals surface area (Å²) < 4.78 is 1.83. The van der Waals surface area contributed by atoms with Crippen molar-refractivity contribution in [3.63, 3.8) is 0 Å². The van der Waals surface area contributed by atoms with Gasteiger partial charge in [0.15, 0.2) is 0 Å². The number of piperidine rings is 1. The lowest BCUT2D eigenvalue weighted by atomic mass is 10.0. The molecule has 1 saturated heterocycles.